The summed E-state index contributed by atoms with van der Waals surface area (Å²) >= 11 is 0. The molecule has 1 saturated heterocycles. The molecule has 0 aromatic heterocycles. The number of nitrogens with zero attached hydrogens (tertiary/aromatic N) is 8. The average molecular weight is 1350 g/mol. The lowest BCUT2D eigenvalue weighted by Crippen LogP contribution is -2.63. The van der Waals surface area contributed by atoms with E-state index in [1.807, 2.05) is 59.7 Å². The summed E-state index contributed by atoms with van der Waals surface area (Å²) in [6.45, 7) is 27.0. The van der Waals surface area contributed by atoms with Crippen molar-refractivity contribution in [2.24, 2.45) is 40.7 Å². The highest BCUT2D eigenvalue weighted by Crippen LogP contribution is 2.26. The highest BCUT2D eigenvalue weighted by Gasteiger charge is 2.46. The minimum Gasteiger partial charge on any atom is -0.390 e. The van der Waals surface area contributed by atoms with Crippen molar-refractivity contribution in [3.63, 3.8) is 0 Å². The fourth-order valence-corrected chi connectivity index (χ4v) is 11.6. The standard InChI is InChI=1S/C70H118N12O14/c1-24-26-32-46(13)60(84)59-64(88)74-51(25-2)66(90)76(17)40-55(83)80(21)58(49(16)95-36-31-30-35-71-96-50-33-28-27-29-34-50)63(87)75-56(44(9)10)69(93)77(18)52(37-41(3)4)62(86)72-47(14)61(85)73-48(15)65(89)78(19)53(38-42(5)6)67(91)79(20)54(39-43(7)8)68(92)81(22)57(45(11)12)70(94)82(59)23/h24,26-29,33-35,41-49,51-54,56-60,84H,25,30-32,36-40H2,1-23H3,(H,72,86)(H,73,85)(H,74,88)(H,75,87)/t46-,47+,48-,49-,51+,52+,53+,54+,56+,57+,58+,59+,60-/m1/s1. The molecule has 1 aromatic rings. The van der Waals surface area contributed by atoms with E-state index in [0.29, 0.717) is 18.6 Å². The van der Waals surface area contributed by atoms with Crippen LogP contribution in [0.15, 0.2) is 47.6 Å². The number of carbonyl (C=O) groups is 11. The summed E-state index contributed by atoms with van der Waals surface area (Å²) in [4.78, 5) is 176. The SMILES string of the molecule is CC=CC[C@@H](C)[C@@H](O)[C@H]1C(=O)N[C@@H](CC)C(=O)N(C)CC(=O)N(C)[C@@H]([C@@H](C)OCCCC=NOc2ccccc2)C(=O)N[C@@H](C(C)C)C(=O)N(C)[C@@H](CC(C)C)C(=O)N[C@@H](C)C(=O)N[C@H](C)C(=O)N(C)[C@@H](CC(C)C)C(=O)N(C)[C@@H](CC(C)C)C(=O)N(C)[C@@H](C(C)C)C(=O)N1C. The summed E-state index contributed by atoms with van der Waals surface area (Å²) in [6, 6.07) is -4.05. The summed E-state index contributed by atoms with van der Waals surface area (Å²) in [7, 11) is 9.77. The van der Waals surface area contributed by atoms with Crippen LogP contribution in [0.5, 0.6) is 5.75 Å². The van der Waals surface area contributed by atoms with Crippen LogP contribution in [-0.4, -0.2) is 246 Å². The van der Waals surface area contributed by atoms with Crippen LogP contribution < -0.4 is 26.1 Å². The van der Waals surface area contributed by atoms with Gasteiger partial charge >= 0.3 is 0 Å². The second kappa shape index (κ2) is 40.3. The molecule has 0 radical (unpaired) electrons. The van der Waals surface area contributed by atoms with E-state index in [1.165, 1.54) is 82.8 Å². The van der Waals surface area contributed by atoms with Gasteiger partial charge in [0.05, 0.1) is 18.8 Å². The van der Waals surface area contributed by atoms with Crippen molar-refractivity contribution in [1.29, 1.82) is 0 Å². The molecule has 1 fully saturated rings. The van der Waals surface area contributed by atoms with E-state index in [1.54, 1.807) is 85.9 Å². The van der Waals surface area contributed by atoms with Gasteiger partial charge in [-0.15, -0.1) is 0 Å². The molecule has 0 bridgehead atoms. The normalized spacial score (nSPS) is 25.5. The van der Waals surface area contributed by atoms with Gasteiger partial charge in [0, 0.05) is 62.2 Å². The predicted octanol–water partition coefficient (Wildman–Crippen LogP) is 4.47. The molecule has 0 saturated carbocycles. The number of likely N-dealkylation sites (N-methyl/N-ethyl adjacent to an activating group) is 7. The van der Waals surface area contributed by atoms with E-state index in [9.17, 15) is 43.5 Å². The second-order valence-electron chi connectivity index (χ2n) is 27.8. The lowest BCUT2D eigenvalue weighted by molar-refractivity contribution is -0.157. The molecule has 1 heterocycles. The first-order valence-corrected chi connectivity index (χ1v) is 34.0. The monoisotopic (exact) mass is 1350 g/mol. The highest BCUT2D eigenvalue weighted by molar-refractivity contribution is 5.99. The largest absolute Gasteiger partial charge is 0.390 e. The molecular weight excluding hydrogens is 1230 g/mol. The molecule has 11 amide bonds. The molecule has 542 valence electrons. The van der Waals surface area contributed by atoms with Crippen molar-refractivity contribution in [3.8, 4) is 5.75 Å². The number of hydrogen-bond acceptors (Lipinski definition) is 15. The number of amides is 11. The molecule has 2 rings (SSSR count). The molecule has 13 atom stereocenters. The van der Waals surface area contributed by atoms with Gasteiger partial charge in [-0.1, -0.05) is 119 Å². The van der Waals surface area contributed by atoms with E-state index in [4.69, 9.17) is 9.57 Å². The summed E-state index contributed by atoms with van der Waals surface area (Å²) in [5.41, 5.74) is 0. The first kappa shape index (κ1) is 84.6. The fourth-order valence-electron chi connectivity index (χ4n) is 11.6. The van der Waals surface area contributed by atoms with E-state index in [2.05, 4.69) is 26.4 Å². The van der Waals surface area contributed by atoms with Crippen molar-refractivity contribution in [2.75, 3.05) is 62.5 Å². The fraction of sp³-hybridized carbons (Fsp3) is 0.714. The Labute approximate surface area is 571 Å². The van der Waals surface area contributed by atoms with Crippen molar-refractivity contribution < 1.29 is 67.4 Å². The maximum Gasteiger partial charge on any atom is 0.246 e. The Morgan fingerprint density at radius 3 is 1.57 bits per heavy atom. The Balaban J connectivity index is 2.97. The number of oxime groups is 1. The van der Waals surface area contributed by atoms with E-state index < -0.39 is 162 Å². The number of unbranched alkanes of at least 4 members (excludes halogenated alkanes) is 1. The quantitative estimate of drug-likeness (QED) is 0.0491. The van der Waals surface area contributed by atoms with Gasteiger partial charge in [0.25, 0.3) is 0 Å². The molecule has 5 N–H and O–H groups in total. The van der Waals surface area contributed by atoms with Crippen LogP contribution >= 0.6 is 0 Å². The molecule has 26 nitrogen and oxygen atoms in total. The Bertz CT molecular complexity index is 2800. The van der Waals surface area contributed by atoms with Crippen molar-refractivity contribution in [2.45, 2.75) is 228 Å². The first-order chi connectivity index (χ1) is 44.8. The molecule has 26 heteroatoms. The van der Waals surface area contributed by atoms with Gasteiger partial charge in [-0.05, 0) is 120 Å². The Kier molecular flexibility index (Phi) is 35.5. The first-order valence-electron chi connectivity index (χ1n) is 34.0. The third-order valence-corrected chi connectivity index (χ3v) is 17.6. The molecule has 0 spiro atoms. The zero-order valence-corrected chi connectivity index (χ0v) is 61.7. The van der Waals surface area contributed by atoms with Crippen molar-refractivity contribution in [3.05, 3.63) is 42.5 Å². The molecule has 1 aliphatic rings. The van der Waals surface area contributed by atoms with Gasteiger partial charge in [-0.25, -0.2) is 0 Å². The zero-order chi connectivity index (χ0) is 73.3. The lowest BCUT2D eigenvalue weighted by atomic mass is 9.91. The number of hydrogen-bond donors (Lipinski definition) is 5. The minimum atomic E-state index is -1.65. The smallest absolute Gasteiger partial charge is 0.246 e. The van der Waals surface area contributed by atoms with Crippen LogP contribution in [0.3, 0.4) is 0 Å². The number of nitrogens with one attached hydrogen (secondary N) is 4. The molecule has 1 aromatic carbocycles. The zero-order valence-electron chi connectivity index (χ0n) is 61.7. The lowest BCUT2D eigenvalue weighted by Gasteiger charge is -2.41. The van der Waals surface area contributed by atoms with Gasteiger partial charge in [-0.2, -0.15) is 0 Å². The number of ether oxygens (including phenoxy) is 1. The second-order valence-corrected chi connectivity index (χ2v) is 27.8. The Morgan fingerprint density at radius 2 is 1.05 bits per heavy atom. The Morgan fingerprint density at radius 1 is 0.552 bits per heavy atom. The molecule has 96 heavy (non-hydrogen) atoms. The number of aliphatic hydroxyl groups is 1. The van der Waals surface area contributed by atoms with Crippen LogP contribution in [0.25, 0.3) is 0 Å². The summed E-state index contributed by atoms with van der Waals surface area (Å²) in [5.74, 6) is -9.74. The maximum atomic E-state index is 15.2. The third kappa shape index (κ3) is 24.6. The molecule has 0 unspecified atom stereocenters. The Hall–Kier alpha value is -7.48. The van der Waals surface area contributed by atoms with Crippen molar-refractivity contribution >= 4 is 71.2 Å². The minimum absolute atomic E-state index is 0.0182. The number of benzene rings is 1. The number of para-hydroxylation sites is 1. The summed E-state index contributed by atoms with van der Waals surface area (Å²) < 4.78 is 6.24. The molecule has 0 aliphatic carbocycles. The van der Waals surface area contributed by atoms with Gasteiger partial charge in [-0.3, -0.25) is 52.7 Å². The third-order valence-electron chi connectivity index (χ3n) is 17.6. The van der Waals surface area contributed by atoms with Crippen LogP contribution in [0.2, 0.25) is 0 Å². The van der Waals surface area contributed by atoms with E-state index in [0.717, 1.165) is 14.7 Å². The van der Waals surface area contributed by atoms with Crippen LogP contribution in [0.4, 0.5) is 0 Å². The van der Waals surface area contributed by atoms with E-state index >= 15 is 14.4 Å². The number of allylic oxidation sites excluding steroid dienone is 2. The number of carbonyl (C=O) groups excluding carboxylic acids is 11. The average Bonchev–Trinajstić information content (AvgIpc) is 0.821. The van der Waals surface area contributed by atoms with Gasteiger partial charge in [0.2, 0.25) is 65.0 Å². The van der Waals surface area contributed by atoms with Crippen LogP contribution in [0, 0.1) is 35.5 Å². The topological polar surface area (TPSA) is 310 Å². The highest BCUT2D eigenvalue weighted by atomic mass is 16.6. The predicted molar refractivity (Wildman–Crippen MR) is 369 cm³/mol. The number of rotatable bonds is 21. The van der Waals surface area contributed by atoms with Gasteiger partial charge in [0.1, 0.15) is 60.4 Å². The van der Waals surface area contributed by atoms with E-state index in [-0.39, 0.29) is 56.5 Å². The molecular formula is C70H118N12O14. The van der Waals surface area contributed by atoms with Crippen molar-refractivity contribution in [1.82, 2.24) is 55.6 Å². The van der Waals surface area contributed by atoms with Gasteiger partial charge in [0.15, 0.2) is 5.75 Å². The summed E-state index contributed by atoms with van der Waals surface area (Å²) in [6.07, 6.45) is 4.05. The van der Waals surface area contributed by atoms with Crippen LogP contribution in [-0.2, 0) is 57.5 Å². The molecule has 1 aliphatic heterocycles. The van der Waals surface area contributed by atoms with Crippen LogP contribution in [0.1, 0.15) is 156 Å². The maximum absolute atomic E-state index is 15.2. The van der Waals surface area contributed by atoms with Gasteiger partial charge < -0.3 is 70.2 Å². The number of aliphatic hydroxyl groups excluding tert-OH is 1. The summed E-state index contributed by atoms with van der Waals surface area (Å²) in [5, 5.41) is 27.2.